The van der Waals surface area contributed by atoms with Crippen molar-refractivity contribution < 1.29 is 4.74 Å². The van der Waals surface area contributed by atoms with Crippen molar-refractivity contribution >= 4 is 11.6 Å². The Morgan fingerprint density at radius 3 is 2.64 bits per heavy atom. The number of benzene rings is 1. The van der Waals surface area contributed by atoms with Gasteiger partial charge >= 0.3 is 0 Å². The lowest BCUT2D eigenvalue weighted by Crippen LogP contribution is -2.44. The topological polar surface area (TPSA) is 25.4 Å². The van der Waals surface area contributed by atoms with Crippen LogP contribution in [0.25, 0.3) is 11.1 Å². The quantitative estimate of drug-likeness (QED) is 0.855. The van der Waals surface area contributed by atoms with Crippen LogP contribution >= 0.6 is 11.6 Å². The minimum Gasteiger partial charge on any atom is -0.373 e. The molecular formula is C18H21ClN2O. The molecular weight excluding hydrogens is 296 g/mol. The zero-order valence-corrected chi connectivity index (χ0v) is 13.8. The van der Waals surface area contributed by atoms with Crippen LogP contribution in [0.4, 0.5) is 0 Å². The first-order valence-electron chi connectivity index (χ1n) is 7.68. The lowest BCUT2D eigenvalue weighted by atomic mass is 10.1. The van der Waals surface area contributed by atoms with E-state index in [0.717, 1.165) is 35.8 Å². The average molecular weight is 317 g/mol. The van der Waals surface area contributed by atoms with E-state index in [9.17, 15) is 0 Å². The van der Waals surface area contributed by atoms with E-state index in [0.29, 0.717) is 0 Å². The van der Waals surface area contributed by atoms with E-state index >= 15 is 0 Å². The van der Waals surface area contributed by atoms with Crippen LogP contribution in [-0.4, -0.2) is 35.2 Å². The summed E-state index contributed by atoms with van der Waals surface area (Å²) >= 11 is 6.08. The van der Waals surface area contributed by atoms with E-state index in [1.165, 1.54) is 5.56 Å². The summed E-state index contributed by atoms with van der Waals surface area (Å²) in [6.45, 7) is 7.09. The molecule has 1 aliphatic heterocycles. The van der Waals surface area contributed by atoms with Gasteiger partial charge in [0.05, 0.1) is 12.2 Å². The van der Waals surface area contributed by atoms with Crippen LogP contribution in [0.2, 0.25) is 5.02 Å². The molecule has 1 fully saturated rings. The Kier molecular flexibility index (Phi) is 4.77. The third kappa shape index (κ3) is 3.86. The predicted molar refractivity (Wildman–Crippen MR) is 90.0 cm³/mol. The third-order valence-electron chi connectivity index (χ3n) is 3.85. The molecule has 1 aliphatic rings. The lowest BCUT2D eigenvalue weighted by molar-refractivity contribution is -0.0705. The molecule has 0 bridgehead atoms. The Balaban J connectivity index is 1.77. The van der Waals surface area contributed by atoms with E-state index < -0.39 is 0 Å². The molecule has 2 aromatic rings. The van der Waals surface area contributed by atoms with Crippen molar-refractivity contribution in [2.24, 2.45) is 0 Å². The largest absolute Gasteiger partial charge is 0.373 e. The summed E-state index contributed by atoms with van der Waals surface area (Å²) in [5.41, 5.74) is 3.43. The summed E-state index contributed by atoms with van der Waals surface area (Å²) in [5.74, 6) is 0. The number of aromatic nitrogens is 1. The minimum atomic E-state index is 0.285. The predicted octanol–water partition coefficient (Wildman–Crippen LogP) is 4.01. The van der Waals surface area contributed by atoms with Gasteiger partial charge in [0.2, 0.25) is 0 Å². The SMILES string of the molecule is CC1CN(Cc2cncc(-c3cccc(Cl)c3)c2)CC(C)O1. The van der Waals surface area contributed by atoms with E-state index in [1.54, 1.807) is 0 Å². The molecule has 0 radical (unpaired) electrons. The first-order valence-corrected chi connectivity index (χ1v) is 8.05. The first-order chi connectivity index (χ1) is 10.6. The Hall–Kier alpha value is -1.42. The van der Waals surface area contributed by atoms with Gasteiger partial charge in [0.15, 0.2) is 0 Å². The molecule has 3 nitrogen and oxygen atoms in total. The van der Waals surface area contributed by atoms with Crippen LogP contribution in [0.5, 0.6) is 0 Å². The summed E-state index contributed by atoms with van der Waals surface area (Å²) in [6, 6.07) is 10.1. The second-order valence-electron chi connectivity index (χ2n) is 6.04. The second kappa shape index (κ2) is 6.78. The smallest absolute Gasteiger partial charge is 0.0678 e. The first kappa shape index (κ1) is 15.5. The number of pyridine rings is 1. The Morgan fingerprint density at radius 2 is 1.91 bits per heavy atom. The average Bonchev–Trinajstić information content (AvgIpc) is 2.46. The van der Waals surface area contributed by atoms with Crippen LogP contribution < -0.4 is 0 Å². The van der Waals surface area contributed by atoms with Crippen molar-refractivity contribution in [1.82, 2.24) is 9.88 Å². The van der Waals surface area contributed by atoms with Gasteiger partial charge < -0.3 is 4.74 Å². The molecule has 2 atom stereocenters. The van der Waals surface area contributed by atoms with Gasteiger partial charge in [-0.25, -0.2) is 0 Å². The number of rotatable bonds is 3. The van der Waals surface area contributed by atoms with Crippen LogP contribution in [0.1, 0.15) is 19.4 Å². The van der Waals surface area contributed by atoms with E-state index in [4.69, 9.17) is 16.3 Å². The molecule has 0 saturated carbocycles. The fraction of sp³-hybridized carbons (Fsp3) is 0.389. The Morgan fingerprint density at radius 1 is 1.14 bits per heavy atom. The zero-order valence-electron chi connectivity index (χ0n) is 13.0. The number of nitrogens with zero attached hydrogens (tertiary/aromatic N) is 2. The molecule has 0 spiro atoms. The number of morpholine rings is 1. The second-order valence-corrected chi connectivity index (χ2v) is 6.48. The van der Waals surface area contributed by atoms with E-state index in [-0.39, 0.29) is 12.2 Å². The van der Waals surface area contributed by atoms with Crippen LogP contribution in [0.15, 0.2) is 42.7 Å². The van der Waals surface area contributed by atoms with Crippen molar-refractivity contribution in [2.45, 2.75) is 32.6 Å². The summed E-state index contributed by atoms with van der Waals surface area (Å²) < 4.78 is 5.79. The normalized spacial score (nSPS) is 22.7. The molecule has 0 amide bonds. The van der Waals surface area contributed by atoms with Crippen molar-refractivity contribution in [3.05, 3.63) is 53.3 Å². The minimum absolute atomic E-state index is 0.285. The van der Waals surface area contributed by atoms with Crippen molar-refractivity contribution in [3.63, 3.8) is 0 Å². The van der Waals surface area contributed by atoms with Crippen LogP contribution in [-0.2, 0) is 11.3 Å². The maximum atomic E-state index is 6.08. The molecule has 1 saturated heterocycles. The highest BCUT2D eigenvalue weighted by molar-refractivity contribution is 6.30. The number of hydrogen-bond donors (Lipinski definition) is 0. The summed E-state index contributed by atoms with van der Waals surface area (Å²) in [5, 5.41) is 0.749. The maximum Gasteiger partial charge on any atom is 0.0678 e. The third-order valence-corrected chi connectivity index (χ3v) is 4.09. The Labute approximate surface area is 136 Å². The molecule has 3 rings (SSSR count). The summed E-state index contributed by atoms with van der Waals surface area (Å²) in [6.07, 6.45) is 4.40. The highest BCUT2D eigenvalue weighted by Crippen LogP contribution is 2.23. The maximum absolute atomic E-state index is 6.08. The molecule has 2 unspecified atom stereocenters. The molecule has 22 heavy (non-hydrogen) atoms. The molecule has 2 heterocycles. The van der Waals surface area contributed by atoms with Gasteiger partial charge in [-0.15, -0.1) is 0 Å². The van der Waals surface area contributed by atoms with E-state index in [1.807, 2.05) is 30.6 Å². The standard InChI is InChI=1S/C18H21ClN2O/c1-13-10-21(11-14(2)22-13)12-15-6-17(9-20-8-15)16-4-3-5-18(19)7-16/h3-9,13-14H,10-12H2,1-2H3. The van der Waals surface area contributed by atoms with Crippen LogP contribution in [0.3, 0.4) is 0 Å². The fourth-order valence-electron chi connectivity index (χ4n) is 3.07. The lowest BCUT2D eigenvalue weighted by Gasteiger charge is -2.35. The van der Waals surface area contributed by atoms with Crippen molar-refractivity contribution in [3.8, 4) is 11.1 Å². The monoisotopic (exact) mass is 316 g/mol. The van der Waals surface area contributed by atoms with Gasteiger partial charge in [0, 0.05) is 42.6 Å². The van der Waals surface area contributed by atoms with Gasteiger partial charge in [-0.3, -0.25) is 9.88 Å². The molecule has 1 aromatic heterocycles. The van der Waals surface area contributed by atoms with E-state index in [2.05, 4.69) is 35.9 Å². The number of hydrogen-bond acceptors (Lipinski definition) is 3. The van der Waals surface area contributed by atoms with Gasteiger partial charge in [-0.2, -0.15) is 0 Å². The molecule has 1 aromatic carbocycles. The van der Waals surface area contributed by atoms with Gasteiger partial charge in [0.25, 0.3) is 0 Å². The molecule has 4 heteroatoms. The Bertz CT molecular complexity index is 636. The summed E-state index contributed by atoms with van der Waals surface area (Å²) in [4.78, 5) is 6.82. The van der Waals surface area contributed by atoms with Gasteiger partial charge in [0.1, 0.15) is 0 Å². The van der Waals surface area contributed by atoms with Crippen molar-refractivity contribution in [1.29, 1.82) is 0 Å². The van der Waals surface area contributed by atoms with Crippen LogP contribution in [0, 0.1) is 0 Å². The highest BCUT2D eigenvalue weighted by atomic mass is 35.5. The molecule has 116 valence electrons. The zero-order chi connectivity index (χ0) is 15.5. The number of halogens is 1. The van der Waals surface area contributed by atoms with Crippen molar-refractivity contribution in [2.75, 3.05) is 13.1 Å². The molecule has 0 N–H and O–H groups in total. The number of ether oxygens (including phenoxy) is 1. The highest BCUT2D eigenvalue weighted by Gasteiger charge is 2.22. The molecule has 0 aliphatic carbocycles. The van der Waals surface area contributed by atoms with Gasteiger partial charge in [-0.05, 0) is 43.2 Å². The fourth-order valence-corrected chi connectivity index (χ4v) is 3.26. The summed E-state index contributed by atoms with van der Waals surface area (Å²) in [7, 11) is 0. The van der Waals surface area contributed by atoms with Gasteiger partial charge in [-0.1, -0.05) is 23.7 Å².